The highest BCUT2D eigenvalue weighted by molar-refractivity contribution is 7.94. The lowest BCUT2D eigenvalue weighted by atomic mass is 10.0. The normalized spacial score (nSPS) is 13.4. The Hall–Kier alpha value is -1.50. The van der Waals surface area contributed by atoms with Gasteiger partial charge in [0, 0.05) is 0 Å². The molecule has 2 aromatic rings. The lowest BCUT2D eigenvalue weighted by Gasteiger charge is -2.24. The first-order chi connectivity index (χ1) is 13.7. The van der Waals surface area contributed by atoms with Crippen molar-refractivity contribution in [3.05, 3.63) is 59.7 Å². The van der Waals surface area contributed by atoms with Gasteiger partial charge in [0.1, 0.15) is 0 Å². The molecular weight excluding hydrogens is 411 g/mol. The van der Waals surface area contributed by atoms with Gasteiger partial charge in [0.15, 0.2) is 4.99 Å². The molecule has 0 amide bonds. The molecule has 29 heavy (non-hydrogen) atoms. The van der Waals surface area contributed by atoms with E-state index in [4.69, 9.17) is 9.05 Å². The zero-order valence-electron chi connectivity index (χ0n) is 17.1. The minimum atomic E-state index is -4.58. The molecule has 6 nitrogen and oxygen atoms in total. The van der Waals surface area contributed by atoms with Gasteiger partial charge < -0.3 is 9.05 Å². The van der Waals surface area contributed by atoms with Crippen LogP contribution in [0.25, 0.3) is 11.1 Å². The van der Waals surface area contributed by atoms with E-state index in [9.17, 15) is 17.5 Å². The Bertz CT molecular complexity index is 913. The lowest BCUT2D eigenvalue weighted by molar-refractivity contribution is 0.215. The van der Waals surface area contributed by atoms with Crippen molar-refractivity contribution in [1.29, 1.82) is 0 Å². The number of aryl methyl sites for hydroxylation is 2. The molecule has 0 aliphatic carbocycles. The molecular formula is C21H29O6PS. The summed E-state index contributed by atoms with van der Waals surface area (Å²) >= 11 is 0. The molecule has 0 spiro atoms. The van der Waals surface area contributed by atoms with E-state index in [0.29, 0.717) is 12.8 Å². The van der Waals surface area contributed by atoms with Crippen molar-refractivity contribution in [1.82, 2.24) is 0 Å². The molecule has 0 saturated carbocycles. The molecule has 0 saturated heterocycles. The van der Waals surface area contributed by atoms with Crippen molar-refractivity contribution < 1.29 is 26.6 Å². The average Bonchev–Trinajstić information content (AvgIpc) is 2.66. The first-order valence-electron chi connectivity index (χ1n) is 9.70. The van der Waals surface area contributed by atoms with Crippen LogP contribution in [-0.2, 0) is 30.2 Å². The monoisotopic (exact) mass is 440 g/mol. The van der Waals surface area contributed by atoms with Crippen LogP contribution in [0.15, 0.2) is 48.5 Å². The summed E-state index contributed by atoms with van der Waals surface area (Å²) in [5.74, 6) is 0. The summed E-state index contributed by atoms with van der Waals surface area (Å²) in [6, 6.07) is 16.3. The topological polar surface area (TPSA) is 89.9 Å². The maximum absolute atomic E-state index is 12.8. The Morgan fingerprint density at radius 1 is 0.931 bits per heavy atom. The predicted molar refractivity (Wildman–Crippen MR) is 116 cm³/mol. The van der Waals surface area contributed by atoms with E-state index in [-0.39, 0.29) is 19.6 Å². The third kappa shape index (κ3) is 6.76. The molecule has 8 heteroatoms. The Labute approximate surface area is 173 Å². The second-order valence-corrected chi connectivity index (χ2v) is 11.0. The van der Waals surface area contributed by atoms with Crippen LogP contribution < -0.4 is 0 Å². The van der Waals surface area contributed by atoms with Gasteiger partial charge >= 0.3 is 7.60 Å². The summed E-state index contributed by atoms with van der Waals surface area (Å²) in [4.78, 5) is -1.58. The summed E-state index contributed by atoms with van der Waals surface area (Å²) in [7, 11) is -8.54. The first kappa shape index (κ1) is 23.8. The Morgan fingerprint density at radius 3 is 1.86 bits per heavy atom. The van der Waals surface area contributed by atoms with Gasteiger partial charge in [-0.25, -0.2) is 0 Å². The fourth-order valence-electron chi connectivity index (χ4n) is 3.12. The Kier molecular flexibility index (Phi) is 8.61. The first-order valence-corrected chi connectivity index (χ1v) is 12.8. The number of rotatable bonds is 11. The summed E-state index contributed by atoms with van der Waals surface area (Å²) in [6.45, 7) is 5.31. The molecule has 0 aromatic heterocycles. The van der Waals surface area contributed by atoms with Crippen LogP contribution in [0, 0.1) is 6.92 Å². The third-order valence-electron chi connectivity index (χ3n) is 4.57. The van der Waals surface area contributed by atoms with Crippen LogP contribution in [0.1, 0.15) is 37.8 Å². The van der Waals surface area contributed by atoms with E-state index < -0.39 is 22.7 Å². The molecule has 1 atom stereocenters. The van der Waals surface area contributed by atoms with Crippen LogP contribution in [-0.4, -0.2) is 31.2 Å². The summed E-state index contributed by atoms with van der Waals surface area (Å²) in [5.41, 5.74) is 4.46. The third-order valence-corrected chi connectivity index (χ3v) is 9.27. The molecule has 1 N–H and O–H groups in total. The minimum absolute atomic E-state index is 0.0180. The van der Waals surface area contributed by atoms with Crippen molar-refractivity contribution in [3.63, 3.8) is 0 Å². The fourth-order valence-corrected chi connectivity index (χ4v) is 6.88. The standard InChI is InChI=1S/C21H29O6PS/c1-4-26-28(22,27-5-2)21(29(23,24)25)8-6-7-18-11-15-20(16-12-18)19-13-9-17(3)10-14-19/h9-16,21H,4-8H2,1-3H3,(H,23,24,25). The van der Waals surface area contributed by atoms with Gasteiger partial charge in [0.05, 0.1) is 13.2 Å². The van der Waals surface area contributed by atoms with Crippen molar-refractivity contribution in [2.45, 2.75) is 45.0 Å². The van der Waals surface area contributed by atoms with Crippen molar-refractivity contribution >= 4 is 17.7 Å². The predicted octanol–water partition coefficient (Wildman–Crippen LogP) is 5.46. The molecule has 0 heterocycles. The molecule has 0 aliphatic heterocycles. The highest BCUT2D eigenvalue weighted by Crippen LogP contribution is 2.56. The van der Waals surface area contributed by atoms with Gasteiger partial charge in [-0.05, 0) is 56.7 Å². The van der Waals surface area contributed by atoms with Crippen LogP contribution in [0.2, 0.25) is 0 Å². The molecule has 0 bridgehead atoms. The van der Waals surface area contributed by atoms with E-state index in [2.05, 4.69) is 24.3 Å². The van der Waals surface area contributed by atoms with Crippen LogP contribution in [0.3, 0.4) is 0 Å². The van der Waals surface area contributed by atoms with E-state index in [1.165, 1.54) is 5.56 Å². The fraction of sp³-hybridized carbons (Fsp3) is 0.429. The maximum Gasteiger partial charge on any atom is 0.351 e. The van der Waals surface area contributed by atoms with E-state index >= 15 is 0 Å². The number of hydrogen-bond acceptors (Lipinski definition) is 5. The average molecular weight is 440 g/mol. The number of hydrogen-bond donors (Lipinski definition) is 1. The smallest absolute Gasteiger partial charge is 0.308 e. The quantitative estimate of drug-likeness (QED) is 0.368. The van der Waals surface area contributed by atoms with E-state index in [0.717, 1.165) is 16.7 Å². The van der Waals surface area contributed by atoms with Gasteiger partial charge in [-0.15, -0.1) is 0 Å². The number of benzene rings is 2. The summed E-state index contributed by atoms with van der Waals surface area (Å²) < 4.78 is 56.3. The minimum Gasteiger partial charge on any atom is -0.308 e. The Morgan fingerprint density at radius 2 is 1.41 bits per heavy atom. The van der Waals surface area contributed by atoms with Crippen LogP contribution in [0.5, 0.6) is 0 Å². The highest BCUT2D eigenvalue weighted by atomic mass is 32.2. The van der Waals surface area contributed by atoms with Crippen molar-refractivity contribution in [2.24, 2.45) is 0 Å². The summed E-state index contributed by atoms with van der Waals surface area (Å²) in [6.07, 6.45) is 0.979. The summed E-state index contributed by atoms with van der Waals surface area (Å²) in [5, 5.41) is 0. The molecule has 0 radical (unpaired) electrons. The molecule has 0 aliphatic rings. The SMILES string of the molecule is CCOP(=O)(OCC)C(CCCc1ccc(-c2ccc(C)cc2)cc1)S(=O)(=O)O. The lowest BCUT2D eigenvalue weighted by Crippen LogP contribution is -2.23. The zero-order valence-corrected chi connectivity index (χ0v) is 18.8. The van der Waals surface area contributed by atoms with E-state index in [1.807, 2.05) is 31.2 Å². The molecule has 0 fully saturated rings. The molecule has 2 rings (SSSR count). The van der Waals surface area contributed by atoms with Gasteiger partial charge in [0.25, 0.3) is 10.1 Å². The van der Waals surface area contributed by atoms with Crippen LogP contribution >= 0.6 is 7.60 Å². The van der Waals surface area contributed by atoms with Crippen LogP contribution in [0.4, 0.5) is 0 Å². The van der Waals surface area contributed by atoms with Gasteiger partial charge in [-0.2, -0.15) is 8.42 Å². The largest absolute Gasteiger partial charge is 0.351 e. The van der Waals surface area contributed by atoms with Gasteiger partial charge in [-0.1, -0.05) is 54.1 Å². The maximum atomic E-state index is 12.8. The zero-order chi connectivity index (χ0) is 21.5. The second-order valence-electron chi connectivity index (χ2n) is 6.80. The van der Waals surface area contributed by atoms with Crippen molar-refractivity contribution in [3.8, 4) is 11.1 Å². The van der Waals surface area contributed by atoms with E-state index in [1.54, 1.807) is 13.8 Å². The van der Waals surface area contributed by atoms with Crippen molar-refractivity contribution in [2.75, 3.05) is 13.2 Å². The molecule has 160 valence electrons. The molecule has 2 aromatic carbocycles. The Balaban J connectivity index is 2.05. The van der Waals surface area contributed by atoms with Gasteiger partial charge in [-0.3, -0.25) is 9.12 Å². The highest BCUT2D eigenvalue weighted by Gasteiger charge is 2.43. The van der Waals surface area contributed by atoms with Gasteiger partial charge in [0.2, 0.25) is 0 Å². The molecule has 1 unspecified atom stereocenters. The second kappa shape index (κ2) is 10.5.